The molecule has 0 heterocycles. The first-order valence-corrected chi connectivity index (χ1v) is 6.96. The standard InChI is InChI=1S/C18H20N2O/c1-3-13-20(17-7-5-4-6-8-17)14-18(21)19-16-11-9-15(2)10-12-16/h3-12H,1,13-14H2,2H3,(H,19,21). The first-order valence-electron chi connectivity index (χ1n) is 6.96. The molecule has 2 aromatic carbocycles. The number of rotatable bonds is 6. The van der Waals surface area contributed by atoms with Gasteiger partial charge in [-0.2, -0.15) is 0 Å². The van der Waals surface area contributed by atoms with Crippen molar-refractivity contribution >= 4 is 17.3 Å². The summed E-state index contributed by atoms with van der Waals surface area (Å²) in [5.41, 5.74) is 3.00. The largest absolute Gasteiger partial charge is 0.358 e. The lowest BCUT2D eigenvalue weighted by molar-refractivity contribution is -0.114. The summed E-state index contributed by atoms with van der Waals surface area (Å²) in [6.07, 6.45) is 1.80. The van der Waals surface area contributed by atoms with Gasteiger partial charge in [-0.05, 0) is 31.2 Å². The van der Waals surface area contributed by atoms with Crippen molar-refractivity contribution in [2.24, 2.45) is 0 Å². The second-order valence-corrected chi connectivity index (χ2v) is 4.92. The topological polar surface area (TPSA) is 32.3 Å². The first kappa shape index (κ1) is 14.9. The molecule has 1 N–H and O–H groups in total. The van der Waals surface area contributed by atoms with Crippen molar-refractivity contribution in [3.8, 4) is 0 Å². The molecule has 0 spiro atoms. The summed E-state index contributed by atoms with van der Waals surface area (Å²) in [5, 5.41) is 2.91. The van der Waals surface area contributed by atoms with E-state index < -0.39 is 0 Å². The van der Waals surface area contributed by atoms with Crippen LogP contribution in [0.5, 0.6) is 0 Å². The van der Waals surface area contributed by atoms with Crippen LogP contribution in [0.1, 0.15) is 5.56 Å². The molecule has 0 unspecified atom stereocenters. The van der Waals surface area contributed by atoms with E-state index in [2.05, 4.69) is 11.9 Å². The van der Waals surface area contributed by atoms with E-state index in [1.165, 1.54) is 5.56 Å². The second kappa shape index (κ2) is 7.29. The molecule has 3 heteroatoms. The Kier molecular flexibility index (Phi) is 5.16. The molecule has 0 saturated heterocycles. The Hall–Kier alpha value is -2.55. The summed E-state index contributed by atoms with van der Waals surface area (Å²) in [6.45, 7) is 6.70. The minimum absolute atomic E-state index is 0.0374. The monoisotopic (exact) mass is 280 g/mol. The Balaban J connectivity index is 2.01. The van der Waals surface area contributed by atoms with Crippen LogP contribution < -0.4 is 10.2 Å². The molecular formula is C18H20N2O. The summed E-state index contributed by atoms with van der Waals surface area (Å²) >= 11 is 0. The zero-order chi connectivity index (χ0) is 15.1. The molecule has 2 rings (SSSR count). The maximum absolute atomic E-state index is 12.2. The Morgan fingerprint density at radius 2 is 1.81 bits per heavy atom. The fraction of sp³-hybridized carbons (Fsp3) is 0.167. The van der Waals surface area contributed by atoms with Gasteiger partial charge in [0.2, 0.25) is 5.91 Å². The quantitative estimate of drug-likeness (QED) is 0.820. The van der Waals surface area contributed by atoms with Crippen molar-refractivity contribution in [3.63, 3.8) is 0 Å². The average molecular weight is 280 g/mol. The van der Waals surface area contributed by atoms with Crippen LogP contribution in [-0.2, 0) is 4.79 Å². The van der Waals surface area contributed by atoms with Gasteiger partial charge in [-0.15, -0.1) is 6.58 Å². The third kappa shape index (κ3) is 4.49. The maximum Gasteiger partial charge on any atom is 0.243 e. The lowest BCUT2D eigenvalue weighted by Crippen LogP contribution is -2.33. The first-order chi connectivity index (χ1) is 10.2. The Morgan fingerprint density at radius 1 is 1.14 bits per heavy atom. The molecule has 3 nitrogen and oxygen atoms in total. The maximum atomic E-state index is 12.2. The number of nitrogens with one attached hydrogen (secondary N) is 1. The Morgan fingerprint density at radius 3 is 2.43 bits per heavy atom. The molecule has 0 aliphatic rings. The highest BCUT2D eigenvalue weighted by Gasteiger charge is 2.10. The van der Waals surface area contributed by atoms with E-state index in [9.17, 15) is 4.79 Å². The number of aryl methyl sites for hydroxylation is 1. The van der Waals surface area contributed by atoms with Gasteiger partial charge < -0.3 is 10.2 Å². The highest BCUT2D eigenvalue weighted by atomic mass is 16.2. The fourth-order valence-corrected chi connectivity index (χ4v) is 2.07. The summed E-state index contributed by atoms with van der Waals surface area (Å²) in [6, 6.07) is 17.6. The lowest BCUT2D eigenvalue weighted by atomic mass is 10.2. The molecule has 0 atom stereocenters. The highest BCUT2D eigenvalue weighted by molar-refractivity contribution is 5.94. The molecule has 0 aliphatic heterocycles. The van der Waals surface area contributed by atoms with Crippen LogP contribution in [0.4, 0.5) is 11.4 Å². The van der Waals surface area contributed by atoms with E-state index >= 15 is 0 Å². The van der Waals surface area contributed by atoms with Crippen LogP contribution in [0.15, 0.2) is 67.3 Å². The molecule has 0 bridgehead atoms. The smallest absolute Gasteiger partial charge is 0.243 e. The second-order valence-electron chi connectivity index (χ2n) is 4.92. The molecule has 0 aliphatic carbocycles. The SMILES string of the molecule is C=CCN(CC(=O)Nc1ccc(C)cc1)c1ccccc1. The summed E-state index contributed by atoms with van der Waals surface area (Å²) < 4.78 is 0. The van der Waals surface area contributed by atoms with Crippen LogP contribution in [0.25, 0.3) is 0 Å². The van der Waals surface area contributed by atoms with Crippen LogP contribution in [-0.4, -0.2) is 19.0 Å². The van der Waals surface area contributed by atoms with Gasteiger partial charge in [-0.1, -0.05) is 42.0 Å². The number of carbonyl (C=O) groups is 1. The third-order valence-corrected chi connectivity index (χ3v) is 3.14. The van der Waals surface area contributed by atoms with Crippen LogP contribution >= 0.6 is 0 Å². The minimum Gasteiger partial charge on any atom is -0.358 e. The van der Waals surface area contributed by atoms with Crippen molar-refractivity contribution in [2.45, 2.75) is 6.92 Å². The van der Waals surface area contributed by atoms with Crippen LogP contribution in [0, 0.1) is 6.92 Å². The van der Waals surface area contributed by atoms with E-state index in [-0.39, 0.29) is 5.91 Å². The van der Waals surface area contributed by atoms with E-state index in [1.54, 1.807) is 6.08 Å². The van der Waals surface area contributed by atoms with Crippen molar-refractivity contribution in [1.29, 1.82) is 0 Å². The highest BCUT2D eigenvalue weighted by Crippen LogP contribution is 2.14. The Labute approximate surface area is 125 Å². The molecular weight excluding hydrogens is 260 g/mol. The van der Waals surface area contributed by atoms with Gasteiger partial charge in [0, 0.05) is 17.9 Å². The summed E-state index contributed by atoms with van der Waals surface area (Å²) in [5.74, 6) is -0.0374. The molecule has 1 amide bonds. The lowest BCUT2D eigenvalue weighted by Gasteiger charge is -2.22. The number of amides is 1. The van der Waals surface area contributed by atoms with E-state index in [0.717, 1.165) is 11.4 Å². The number of carbonyl (C=O) groups excluding carboxylic acids is 1. The van der Waals surface area contributed by atoms with Gasteiger partial charge >= 0.3 is 0 Å². The molecule has 108 valence electrons. The van der Waals surface area contributed by atoms with E-state index in [1.807, 2.05) is 66.4 Å². The molecule has 2 aromatic rings. The van der Waals surface area contributed by atoms with Gasteiger partial charge in [-0.25, -0.2) is 0 Å². The number of hydrogen-bond acceptors (Lipinski definition) is 2. The minimum atomic E-state index is -0.0374. The van der Waals surface area contributed by atoms with Gasteiger partial charge in [0.15, 0.2) is 0 Å². The zero-order valence-corrected chi connectivity index (χ0v) is 12.3. The summed E-state index contributed by atoms with van der Waals surface area (Å²) in [7, 11) is 0. The predicted molar refractivity (Wildman–Crippen MR) is 88.7 cm³/mol. The Bertz CT molecular complexity index is 590. The van der Waals surface area contributed by atoms with Gasteiger partial charge in [-0.3, -0.25) is 4.79 Å². The van der Waals surface area contributed by atoms with Crippen molar-refractivity contribution in [3.05, 3.63) is 72.8 Å². The van der Waals surface area contributed by atoms with E-state index in [0.29, 0.717) is 13.1 Å². The number of anilines is 2. The molecule has 21 heavy (non-hydrogen) atoms. The van der Waals surface area contributed by atoms with Gasteiger partial charge in [0.1, 0.15) is 0 Å². The third-order valence-electron chi connectivity index (χ3n) is 3.14. The zero-order valence-electron chi connectivity index (χ0n) is 12.3. The number of nitrogens with zero attached hydrogens (tertiary/aromatic N) is 1. The molecule has 0 radical (unpaired) electrons. The predicted octanol–water partition coefficient (Wildman–Crippen LogP) is 3.63. The van der Waals surface area contributed by atoms with E-state index in [4.69, 9.17) is 0 Å². The molecule has 0 fully saturated rings. The fourth-order valence-electron chi connectivity index (χ4n) is 2.07. The van der Waals surface area contributed by atoms with Crippen molar-refractivity contribution < 1.29 is 4.79 Å². The average Bonchev–Trinajstić information content (AvgIpc) is 2.50. The number of para-hydroxylation sites is 1. The number of benzene rings is 2. The van der Waals surface area contributed by atoms with Gasteiger partial charge in [0.25, 0.3) is 0 Å². The number of hydrogen-bond donors (Lipinski definition) is 1. The van der Waals surface area contributed by atoms with Crippen LogP contribution in [0.3, 0.4) is 0 Å². The summed E-state index contributed by atoms with van der Waals surface area (Å²) in [4.78, 5) is 14.2. The molecule has 0 saturated carbocycles. The molecule has 0 aromatic heterocycles. The normalized spacial score (nSPS) is 9.95. The van der Waals surface area contributed by atoms with Crippen molar-refractivity contribution in [1.82, 2.24) is 0 Å². The van der Waals surface area contributed by atoms with Gasteiger partial charge in [0.05, 0.1) is 6.54 Å². The van der Waals surface area contributed by atoms with Crippen molar-refractivity contribution in [2.75, 3.05) is 23.3 Å². The van der Waals surface area contributed by atoms with Crippen LogP contribution in [0.2, 0.25) is 0 Å².